The standard InChI is InChI=1S/C24H20N4O8/c1-14-4-2-7-19-21(14)24(32)26(23(19)31)25(22(30)16-5-3-6-18(12-16)28(35)36)13-20(29)15-8-10-17(11-9-15)27(33)34/h2-6,8-12,14,19,21H,7,13H2,1H3/t14-,19-,21-/m1/s1. The number of allylic oxidation sites excluding steroid dienone is 2. The van der Waals surface area contributed by atoms with Crippen molar-refractivity contribution in [2.45, 2.75) is 13.3 Å². The molecule has 0 spiro atoms. The minimum atomic E-state index is -0.949. The van der Waals surface area contributed by atoms with Crippen LogP contribution in [0, 0.1) is 38.0 Å². The van der Waals surface area contributed by atoms with Crippen LogP contribution in [0.5, 0.6) is 0 Å². The summed E-state index contributed by atoms with van der Waals surface area (Å²) in [6.45, 7) is 1.04. The summed E-state index contributed by atoms with van der Waals surface area (Å²) in [7, 11) is 0. The second-order valence-corrected chi connectivity index (χ2v) is 8.54. The third-order valence-corrected chi connectivity index (χ3v) is 6.32. The van der Waals surface area contributed by atoms with E-state index in [4.69, 9.17) is 0 Å². The maximum absolute atomic E-state index is 13.5. The van der Waals surface area contributed by atoms with Gasteiger partial charge in [0.2, 0.25) is 0 Å². The van der Waals surface area contributed by atoms with Crippen molar-refractivity contribution in [1.82, 2.24) is 10.0 Å². The lowest BCUT2D eigenvalue weighted by atomic mass is 9.78. The minimum absolute atomic E-state index is 0.0176. The van der Waals surface area contributed by atoms with Gasteiger partial charge in [-0.2, -0.15) is 5.01 Å². The average molecular weight is 492 g/mol. The lowest BCUT2D eigenvalue weighted by Gasteiger charge is -2.30. The molecule has 0 unspecified atom stereocenters. The predicted molar refractivity (Wildman–Crippen MR) is 123 cm³/mol. The van der Waals surface area contributed by atoms with Crippen LogP contribution >= 0.6 is 0 Å². The average Bonchev–Trinajstić information content (AvgIpc) is 3.12. The van der Waals surface area contributed by atoms with Gasteiger partial charge in [-0.05, 0) is 30.5 Å². The molecule has 184 valence electrons. The summed E-state index contributed by atoms with van der Waals surface area (Å²) in [6.07, 6.45) is 3.89. The molecule has 12 heteroatoms. The summed E-state index contributed by atoms with van der Waals surface area (Å²) in [5.74, 6) is -4.61. The van der Waals surface area contributed by atoms with Gasteiger partial charge >= 0.3 is 0 Å². The van der Waals surface area contributed by atoms with E-state index >= 15 is 0 Å². The first-order valence-electron chi connectivity index (χ1n) is 11.0. The second-order valence-electron chi connectivity index (χ2n) is 8.54. The fraction of sp³-hybridized carbons (Fsp3) is 0.250. The predicted octanol–water partition coefficient (Wildman–Crippen LogP) is 2.94. The molecule has 0 aromatic heterocycles. The molecule has 1 aliphatic heterocycles. The molecular weight excluding hydrogens is 472 g/mol. The van der Waals surface area contributed by atoms with Gasteiger partial charge in [0.05, 0.1) is 21.7 Å². The van der Waals surface area contributed by atoms with Crippen molar-refractivity contribution in [2.24, 2.45) is 17.8 Å². The van der Waals surface area contributed by atoms with Gasteiger partial charge in [-0.1, -0.05) is 25.1 Å². The van der Waals surface area contributed by atoms with Crippen LogP contribution in [0.4, 0.5) is 11.4 Å². The third kappa shape index (κ3) is 4.35. The van der Waals surface area contributed by atoms with Crippen LogP contribution in [-0.2, 0) is 9.59 Å². The lowest BCUT2D eigenvalue weighted by Crippen LogP contribution is -2.52. The van der Waals surface area contributed by atoms with Crippen molar-refractivity contribution in [2.75, 3.05) is 6.54 Å². The summed E-state index contributed by atoms with van der Waals surface area (Å²) < 4.78 is 0. The third-order valence-electron chi connectivity index (χ3n) is 6.32. The number of hydrazine groups is 1. The van der Waals surface area contributed by atoms with Crippen LogP contribution in [0.2, 0.25) is 0 Å². The Balaban J connectivity index is 1.71. The van der Waals surface area contributed by atoms with E-state index in [0.717, 1.165) is 18.2 Å². The Morgan fingerprint density at radius 2 is 1.64 bits per heavy atom. The van der Waals surface area contributed by atoms with Gasteiger partial charge in [0.1, 0.15) is 6.54 Å². The summed E-state index contributed by atoms with van der Waals surface area (Å²) >= 11 is 0. The molecule has 2 aliphatic rings. The van der Waals surface area contributed by atoms with Gasteiger partial charge in [0.15, 0.2) is 5.78 Å². The second kappa shape index (κ2) is 9.49. The van der Waals surface area contributed by atoms with E-state index in [-0.39, 0.29) is 28.4 Å². The summed E-state index contributed by atoms with van der Waals surface area (Å²) in [6, 6.07) is 9.38. The highest BCUT2D eigenvalue weighted by Gasteiger charge is 2.53. The lowest BCUT2D eigenvalue weighted by molar-refractivity contribution is -0.385. The smallest absolute Gasteiger partial charge is 0.273 e. The van der Waals surface area contributed by atoms with E-state index in [9.17, 15) is 39.4 Å². The molecule has 1 heterocycles. The zero-order chi connectivity index (χ0) is 26.1. The van der Waals surface area contributed by atoms with E-state index in [1.54, 1.807) is 13.0 Å². The molecule has 0 saturated carbocycles. The molecule has 3 amide bonds. The Kier molecular flexibility index (Phi) is 6.43. The van der Waals surface area contributed by atoms with Gasteiger partial charge < -0.3 is 0 Å². The zero-order valence-corrected chi connectivity index (χ0v) is 19.0. The number of hydrogen-bond donors (Lipinski definition) is 0. The highest BCUT2D eigenvalue weighted by atomic mass is 16.6. The number of fused-ring (bicyclic) bond motifs is 1. The SMILES string of the molecule is C[C@@H]1C=CC[C@H]2C(=O)N(N(CC(=O)c3ccc([N+](=O)[O-])cc3)C(=O)c3cccc([N+](=O)[O-])c3)C(=O)[C@H]12. The summed E-state index contributed by atoms with van der Waals surface area (Å²) in [4.78, 5) is 73.9. The molecule has 1 saturated heterocycles. The van der Waals surface area contributed by atoms with E-state index in [1.807, 2.05) is 6.08 Å². The number of Topliss-reactive ketones (excluding diaryl/α,β-unsaturated/α-hetero) is 1. The molecule has 1 fully saturated rings. The normalized spacial score (nSPS) is 20.7. The number of benzene rings is 2. The first kappa shape index (κ1) is 24.4. The zero-order valence-electron chi connectivity index (χ0n) is 19.0. The Labute approximate surface area is 204 Å². The van der Waals surface area contributed by atoms with E-state index in [1.165, 1.54) is 30.3 Å². The van der Waals surface area contributed by atoms with Gasteiger partial charge in [-0.3, -0.25) is 39.4 Å². The number of rotatable bonds is 7. The van der Waals surface area contributed by atoms with Gasteiger partial charge in [-0.15, -0.1) is 0 Å². The number of carbonyl (C=O) groups excluding carboxylic acids is 4. The molecule has 0 N–H and O–H groups in total. The molecule has 0 bridgehead atoms. The fourth-order valence-electron chi connectivity index (χ4n) is 4.50. The van der Waals surface area contributed by atoms with Crippen LogP contribution in [0.3, 0.4) is 0 Å². The summed E-state index contributed by atoms with van der Waals surface area (Å²) in [5, 5.41) is 23.5. The number of carbonyl (C=O) groups is 4. The van der Waals surface area contributed by atoms with Crippen molar-refractivity contribution in [3.05, 3.63) is 92.0 Å². The molecule has 4 rings (SSSR count). The van der Waals surface area contributed by atoms with Crippen LogP contribution in [-0.4, -0.2) is 49.9 Å². The van der Waals surface area contributed by atoms with E-state index in [2.05, 4.69) is 0 Å². The first-order chi connectivity index (χ1) is 17.1. The Morgan fingerprint density at radius 1 is 0.972 bits per heavy atom. The number of nitro benzene ring substituents is 2. The molecule has 0 radical (unpaired) electrons. The van der Waals surface area contributed by atoms with Gasteiger partial charge in [0, 0.05) is 35.4 Å². The summed E-state index contributed by atoms with van der Waals surface area (Å²) in [5.41, 5.74) is -0.800. The quantitative estimate of drug-likeness (QED) is 0.187. The van der Waals surface area contributed by atoms with Crippen molar-refractivity contribution in [3.8, 4) is 0 Å². The Bertz CT molecular complexity index is 1320. The Hall–Kier alpha value is -4.74. The maximum atomic E-state index is 13.5. The van der Waals surface area contributed by atoms with E-state index in [0.29, 0.717) is 16.4 Å². The first-order valence-corrected chi connectivity index (χ1v) is 11.0. The van der Waals surface area contributed by atoms with Gasteiger partial charge in [0.25, 0.3) is 29.1 Å². The highest BCUT2D eigenvalue weighted by Crippen LogP contribution is 2.39. The van der Waals surface area contributed by atoms with Crippen LogP contribution < -0.4 is 0 Å². The number of non-ortho nitro benzene ring substituents is 2. The highest BCUT2D eigenvalue weighted by molar-refractivity contribution is 6.10. The maximum Gasteiger partial charge on any atom is 0.273 e. The van der Waals surface area contributed by atoms with Crippen LogP contribution in [0.25, 0.3) is 0 Å². The number of imide groups is 1. The minimum Gasteiger partial charge on any atom is -0.292 e. The van der Waals surface area contributed by atoms with Crippen molar-refractivity contribution in [1.29, 1.82) is 0 Å². The topological polar surface area (TPSA) is 161 Å². The molecule has 12 nitrogen and oxygen atoms in total. The molecular formula is C24H20N4O8. The van der Waals surface area contributed by atoms with Crippen molar-refractivity contribution in [3.63, 3.8) is 0 Å². The molecule has 2 aromatic rings. The molecule has 2 aromatic carbocycles. The van der Waals surface area contributed by atoms with Crippen LogP contribution in [0.15, 0.2) is 60.7 Å². The molecule has 1 aliphatic carbocycles. The molecule has 36 heavy (non-hydrogen) atoms. The monoisotopic (exact) mass is 492 g/mol. The number of hydrogen-bond acceptors (Lipinski definition) is 8. The van der Waals surface area contributed by atoms with E-state index < -0.39 is 51.7 Å². The Morgan fingerprint density at radius 3 is 2.25 bits per heavy atom. The number of nitrogens with zero attached hydrogens (tertiary/aromatic N) is 4. The number of ketones is 1. The fourth-order valence-corrected chi connectivity index (χ4v) is 4.50. The van der Waals surface area contributed by atoms with Gasteiger partial charge in [-0.25, -0.2) is 5.01 Å². The van der Waals surface area contributed by atoms with Crippen molar-refractivity contribution < 1.29 is 29.0 Å². The largest absolute Gasteiger partial charge is 0.292 e. The number of nitro groups is 2. The molecule has 3 atom stereocenters. The van der Waals surface area contributed by atoms with Crippen molar-refractivity contribution >= 4 is 34.9 Å². The number of amides is 3. The van der Waals surface area contributed by atoms with Crippen LogP contribution in [0.1, 0.15) is 34.1 Å².